The van der Waals surface area contributed by atoms with Crippen molar-refractivity contribution >= 4 is 21.7 Å². The number of aliphatic hydroxyl groups excluding tert-OH is 1. The first-order chi connectivity index (χ1) is 11.1. The van der Waals surface area contributed by atoms with Crippen molar-refractivity contribution in [3.8, 4) is 0 Å². The number of pyridine rings is 1. The molecular formula is C16H9F6NO. The number of hydrogen-bond acceptors (Lipinski definition) is 2. The van der Waals surface area contributed by atoms with Gasteiger partial charge in [-0.1, -0.05) is 24.3 Å². The van der Waals surface area contributed by atoms with E-state index in [1.807, 2.05) is 0 Å². The first-order valence-corrected chi connectivity index (χ1v) is 6.73. The van der Waals surface area contributed by atoms with Crippen LogP contribution in [-0.2, 0) is 6.18 Å². The van der Waals surface area contributed by atoms with Crippen molar-refractivity contribution in [3.63, 3.8) is 0 Å². The van der Waals surface area contributed by atoms with E-state index >= 15 is 0 Å². The lowest BCUT2D eigenvalue weighted by molar-refractivity contribution is -0.206. The van der Waals surface area contributed by atoms with Gasteiger partial charge in [0, 0.05) is 17.0 Å². The Hall–Kier alpha value is -2.35. The number of halogens is 6. The highest BCUT2D eigenvalue weighted by Gasteiger charge is 2.41. The predicted molar refractivity (Wildman–Crippen MR) is 75.3 cm³/mol. The highest BCUT2D eigenvalue weighted by atomic mass is 19.4. The molecule has 0 bridgehead atoms. The Balaban J connectivity index is 2.47. The van der Waals surface area contributed by atoms with E-state index in [4.69, 9.17) is 0 Å². The second kappa shape index (κ2) is 5.34. The van der Waals surface area contributed by atoms with Crippen LogP contribution in [-0.4, -0.2) is 16.3 Å². The largest absolute Gasteiger partial charge is 0.418 e. The number of benzene rings is 2. The fraction of sp³-hybridized carbons (Fsp3) is 0.188. The van der Waals surface area contributed by atoms with Gasteiger partial charge in [0.05, 0.1) is 11.1 Å². The number of alkyl halides is 6. The van der Waals surface area contributed by atoms with Crippen LogP contribution >= 0.6 is 0 Å². The zero-order valence-corrected chi connectivity index (χ0v) is 11.8. The smallest absolute Gasteiger partial charge is 0.379 e. The maximum atomic E-state index is 13.2. The van der Waals surface area contributed by atoms with E-state index in [0.717, 1.165) is 6.20 Å². The van der Waals surface area contributed by atoms with Crippen molar-refractivity contribution in [3.05, 3.63) is 53.7 Å². The average Bonchev–Trinajstić information content (AvgIpc) is 2.51. The van der Waals surface area contributed by atoms with Crippen molar-refractivity contribution in [2.24, 2.45) is 0 Å². The van der Waals surface area contributed by atoms with E-state index in [9.17, 15) is 31.4 Å². The summed E-state index contributed by atoms with van der Waals surface area (Å²) in [6.45, 7) is 0. The Morgan fingerprint density at radius 2 is 1.50 bits per heavy atom. The molecule has 1 heterocycles. The Bertz CT molecular complexity index is 916. The Labute approximate surface area is 131 Å². The van der Waals surface area contributed by atoms with Gasteiger partial charge < -0.3 is 5.11 Å². The third-order valence-electron chi connectivity index (χ3n) is 3.69. The summed E-state index contributed by atoms with van der Waals surface area (Å²) >= 11 is 0. The molecule has 0 fully saturated rings. The number of hydrogen-bond donors (Lipinski definition) is 1. The van der Waals surface area contributed by atoms with Crippen LogP contribution in [0.5, 0.6) is 0 Å². The maximum Gasteiger partial charge on any atom is 0.418 e. The molecule has 2 aromatic carbocycles. The van der Waals surface area contributed by atoms with Gasteiger partial charge in [-0.15, -0.1) is 0 Å². The normalized spacial score (nSPS) is 14.3. The molecule has 0 saturated carbocycles. The third-order valence-corrected chi connectivity index (χ3v) is 3.69. The molecule has 1 aromatic heterocycles. The van der Waals surface area contributed by atoms with Crippen molar-refractivity contribution in [2.75, 3.05) is 0 Å². The zero-order chi connectivity index (χ0) is 17.7. The number of fused-ring (bicyclic) bond motifs is 3. The van der Waals surface area contributed by atoms with Gasteiger partial charge in [-0.2, -0.15) is 26.3 Å². The van der Waals surface area contributed by atoms with E-state index < -0.39 is 35.0 Å². The van der Waals surface area contributed by atoms with Crippen LogP contribution in [0.3, 0.4) is 0 Å². The Kier molecular flexibility index (Phi) is 3.67. The number of aliphatic hydroxyl groups is 1. The van der Waals surface area contributed by atoms with Gasteiger partial charge in [0.1, 0.15) is 0 Å². The minimum absolute atomic E-state index is 0.00153. The molecule has 126 valence electrons. The van der Waals surface area contributed by atoms with Crippen molar-refractivity contribution < 1.29 is 31.4 Å². The molecule has 0 spiro atoms. The topological polar surface area (TPSA) is 33.1 Å². The highest BCUT2D eigenvalue weighted by molar-refractivity contribution is 6.08. The molecule has 1 unspecified atom stereocenters. The SMILES string of the molecule is OC(c1cc2c(C(F)(F)F)ccnc2c2ccccc12)C(F)(F)F. The summed E-state index contributed by atoms with van der Waals surface area (Å²) in [4.78, 5) is 3.88. The lowest BCUT2D eigenvalue weighted by Gasteiger charge is -2.19. The number of nitrogens with zero attached hydrogens (tertiary/aromatic N) is 1. The molecule has 0 amide bonds. The molecule has 1 N–H and O–H groups in total. The summed E-state index contributed by atoms with van der Waals surface area (Å²) in [5.74, 6) is 0. The highest BCUT2D eigenvalue weighted by Crippen LogP contribution is 2.41. The molecule has 8 heteroatoms. The summed E-state index contributed by atoms with van der Waals surface area (Å²) in [6.07, 6.45) is -11.7. The van der Waals surface area contributed by atoms with Gasteiger partial charge in [0.15, 0.2) is 6.10 Å². The van der Waals surface area contributed by atoms with Gasteiger partial charge in [-0.3, -0.25) is 4.98 Å². The molecule has 0 radical (unpaired) electrons. The van der Waals surface area contributed by atoms with Crippen LogP contribution in [0, 0.1) is 0 Å². The molecular weight excluding hydrogens is 336 g/mol. The maximum absolute atomic E-state index is 13.2. The van der Waals surface area contributed by atoms with Crippen molar-refractivity contribution in [1.29, 1.82) is 0 Å². The molecule has 0 saturated heterocycles. The fourth-order valence-electron chi connectivity index (χ4n) is 2.66. The van der Waals surface area contributed by atoms with E-state index in [1.54, 1.807) is 0 Å². The summed E-state index contributed by atoms with van der Waals surface area (Å²) in [7, 11) is 0. The van der Waals surface area contributed by atoms with Crippen LogP contribution in [0.4, 0.5) is 26.3 Å². The minimum Gasteiger partial charge on any atom is -0.379 e. The second-order valence-electron chi connectivity index (χ2n) is 5.21. The van der Waals surface area contributed by atoms with Crippen LogP contribution in [0.2, 0.25) is 0 Å². The van der Waals surface area contributed by atoms with E-state index in [1.165, 1.54) is 24.3 Å². The molecule has 2 nitrogen and oxygen atoms in total. The molecule has 24 heavy (non-hydrogen) atoms. The molecule has 1 atom stereocenters. The van der Waals surface area contributed by atoms with Gasteiger partial charge in [0.25, 0.3) is 0 Å². The van der Waals surface area contributed by atoms with Gasteiger partial charge in [0.2, 0.25) is 0 Å². The van der Waals surface area contributed by atoms with Gasteiger partial charge in [-0.05, 0) is 23.1 Å². The summed E-state index contributed by atoms with van der Waals surface area (Å²) < 4.78 is 78.2. The van der Waals surface area contributed by atoms with Crippen LogP contribution in [0.25, 0.3) is 21.7 Å². The van der Waals surface area contributed by atoms with Crippen molar-refractivity contribution in [2.45, 2.75) is 18.5 Å². The fourth-order valence-corrected chi connectivity index (χ4v) is 2.66. The molecule has 0 aliphatic carbocycles. The zero-order valence-electron chi connectivity index (χ0n) is 11.8. The first-order valence-electron chi connectivity index (χ1n) is 6.73. The molecule has 0 aliphatic heterocycles. The summed E-state index contributed by atoms with van der Waals surface area (Å²) in [5.41, 5.74) is -1.81. The van der Waals surface area contributed by atoms with Crippen LogP contribution in [0.15, 0.2) is 42.6 Å². The third kappa shape index (κ3) is 2.66. The number of aromatic nitrogens is 1. The summed E-state index contributed by atoms with van der Waals surface area (Å²) in [5, 5.41) is 9.21. The molecule has 3 rings (SSSR count). The molecule has 3 aromatic rings. The predicted octanol–water partition coefficient (Wildman–Crippen LogP) is 5.00. The standard InChI is InChI=1S/C16H9F6NO/c17-15(18,19)12-5-6-23-13-9-4-2-1-3-8(9)10(7-11(12)13)14(24)16(20,21)22/h1-7,14,24H. The van der Waals surface area contributed by atoms with E-state index in [0.29, 0.717) is 12.1 Å². The van der Waals surface area contributed by atoms with Gasteiger partial charge >= 0.3 is 12.4 Å². The monoisotopic (exact) mass is 345 g/mol. The van der Waals surface area contributed by atoms with Crippen LogP contribution < -0.4 is 0 Å². The molecule has 0 aliphatic rings. The second-order valence-corrected chi connectivity index (χ2v) is 5.21. The Morgan fingerprint density at radius 3 is 2.08 bits per heavy atom. The van der Waals surface area contributed by atoms with Gasteiger partial charge in [-0.25, -0.2) is 0 Å². The van der Waals surface area contributed by atoms with E-state index in [2.05, 4.69) is 4.98 Å². The van der Waals surface area contributed by atoms with Crippen LogP contribution in [0.1, 0.15) is 17.2 Å². The Morgan fingerprint density at radius 1 is 0.875 bits per heavy atom. The quantitative estimate of drug-likeness (QED) is 0.497. The lowest BCUT2D eigenvalue weighted by Crippen LogP contribution is -2.20. The minimum atomic E-state index is -5.00. The van der Waals surface area contributed by atoms with Crippen molar-refractivity contribution in [1.82, 2.24) is 4.98 Å². The number of rotatable bonds is 1. The average molecular weight is 345 g/mol. The van der Waals surface area contributed by atoms with E-state index in [-0.39, 0.29) is 16.3 Å². The summed E-state index contributed by atoms with van der Waals surface area (Å²) in [6, 6.07) is 7.01. The first kappa shape index (κ1) is 16.5. The lowest BCUT2D eigenvalue weighted by atomic mass is 9.94.